The smallest absolute Gasteiger partial charge is 0.262 e. The Hall–Kier alpha value is -3.55. The van der Waals surface area contributed by atoms with Crippen LogP contribution < -0.4 is 24.6 Å². The number of ether oxygens (including phenoxy) is 2. The summed E-state index contributed by atoms with van der Waals surface area (Å²) in [6, 6.07) is 14.3. The molecule has 2 atom stereocenters. The Morgan fingerprint density at radius 3 is 2.53 bits per heavy atom. The van der Waals surface area contributed by atoms with Crippen molar-refractivity contribution in [1.82, 2.24) is 5.32 Å². The van der Waals surface area contributed by atoms with E-state index < -0.39 is 12.0 Å². The van der Waals surface area contributed by atoms with Crippen LogP contribution >= 0.6 is 0 Å². The third-order valence-electron chi connectivity index (χ3n) is 5.44. The predicted molar refractivity (Wildman–Crippen MR) is 111 cm³/mol. The van der Waals surface area contributed by atoms with Gasteiger partial charge in [0.1, 0.15) is 11.5 Å². The van der Waals surface area contributed by atoms with Gasteiger partial charge >= 0.3 is 0 Å². The van der Waals surface area contributed by atoms with Crippen LogP contribution in [-0.2, 0) is 14.4 Å². The van der Waals surface area contributed by atoms with Gasteiger partial charge in [0.15, 0.2) is 6.10 Å². The number of fused-ring (bicyclic) bond motifs is 1. The van der Waals surface area contributed by atoms with Crippen LogP contribution in [0, 0.1) is 5.92 Å². The van der Waals surface area contributed by atoms with Crippen LogP contribution in [0.1, 0.15) is 6.42 Å². The van der Waals surface area contributed by atoms with Gasteiger partial charge in [-0.3, -0.25) is 14.4 Å². The van der Waals surface area contributed by atoms with Crippen LogP contribution in [0.3, 0.4) is 0 Å². The predicted octanol–water partition coefficient (Wildman–Crippen LogP) is 1.59. The fourth-order valence-corrected chi connectivity index (χ4v) is 3.85. The molecule has 0 radical (unpaired) electrons. The largest absolute Gasteiger partial charge is 0.497 e. The molecule has 0 aromatic heterocycles. The average Bonchev–Trinajstić information content (AvgIpc) is 3.18. The average molecular weight is 409 g/mol. The van der Waals surface area contributed by atoms with Gasteiger partial charge in [-0.2, -0.15) is 0 Å². The van der Waals surface area contributed by atoms with Gasteiger partial charge in [-0.05, 0) is 36.4 Å². The first-order chi connectivity index (χ1) is 14.5. The third-order valence-corrected chi connectivity index (χ3v) is 5.44. The second-order valence-corrected chi connectivity index (χ2v) is 7.24. The molecular weight excluding hydrogens is 386 g/mol. The van der Waals surface area contributed by atoms with Gasteiger partial charge < -0.3 is 24.6 Å². The molecule has 1 saturated heterocycles. The summed E-state index contributed by atoms with van der Waals surface area (Å²) < 4.78 is 10.9. The van der Waals surface area contributed by atoms with Gasteiger partial charge in [0.25, 0.3) is 5.91 Å². The summed E-state index contributed by atoms with van der Waals surface area (Å²) in [7, 11) is 3.11. The molecule has 1 fully saturated rings. The summed E-state index contributed by atoms with van der Waals surface area (Å²) in [6.45, 7) is 0.386. The van der Waals surface area contributed by atoms with Gasteiger partial charge in [-0.1, -0.05) is 12.1 Å². The summed E-state index contributed by atoms with van der Waals surface area (Å²) in [5.74, 6) is 0.0675. The molecule has 2 aliphatic heterocycles. The van der Waals surface area contributed by atoms with Crippen molar-refractivity contribution in [3.63, 3.8) is 0 Å². The zero-order valence-electron chi connectivity index (χ0n) is 16.8. The minimum atomic E-state index is -0.802. The maximum atomic E-state index is 13.4. The van der Waals surface area contributed by atoms with Crippen LogP contribution in [0.25, 0.3) is 0 Å². The lowest BCUT2D eigenvalue weighted by Gasteiger charge is -2.35. The molecule has 2 aromatic rings. The number of carbonyl (C=O) groups is 3. The number of benzene rings is 2. The molecule has 2 aliphatic rings. The first-order valence-corrected chi connectivity index (χ1v) is 9.75. The van der Waals surface area contributed by atoms with E-state index in [-0.39, 0.29) is 37.2 Å². The van der Waals surface area contributed by atoms with E-state index in [2.05, 4.69) is 5.32 Å². The molecule has 0 bridgehead atoms. The molecule has 0 spiro atoms. The Balaban J connectivity index is 1.56. The van der Waals surface area contributed by atoms with Crippen molar-refractivity contribution < 1.29 is 23.9 Å². The van der Waals surface area contributed by atoms with Gasteiger partial charge in [0.05, 0.1) is 25.3 Å². The highest BCUT2D eigenvalue weighted by molar-refractivity contribution is 6.05. The van der Waals surface area contributed by atoms with Crippen molar-refractivity contribution in [2.45, 2.75) is 12.5 Å². The van der Waals surface area contributed by atoms with E-state index in [0.717, 1.165) is 5.69 Å². The number of anilines is 2. The fourth-order valence-electron chi connectivity index (χ4n) is 3.85. The van der Waals surface area contributed by atoms with E-state index in [0.29, 0.717) is 17.2 Å². The van der Waals surface area contributed by atoms with Gasteiger partial charge in [0.2, 0.25) is 11.8 Å². The topological polar surface area (TPSA) is 88.2 Å². The van der Waals surface area contributed by atoms with Gasteiger partial charge in [0, 0.05) is 25.7 Å². The molecule has 0 unspecified atom stereocenters. The summed E-state index contributed by atoms with van der Waals surface area (Å²) in [5, 5.41) is 2.56. The monoisotopic (exact) mass is 409 g/mol. The normalized spacial score (nSPS) is 20.4. The zero-order valence-corrected chi connectivity index (χ0v) is 16.8. The number of hydrogen-bond donors (Lipinski definition) is 1. The molecule has 1 N–H and O–H groups in total. The Labute approximate surface area is 174 Å². The molecular formula is C22H23N3O5. The molecule has 4 rings (SSSR count). The van der Waals surface area contributed by atoms with Gasteiger partial charge in [-0.15, -0.1) is 0 Å². The zero-order chi connectivity index (χ0) is 21.3. The van der Waals surface area contributed by atoms with Crippen LogP contribution in [0.4, 0.5) is 11.4 Å². The quantitative estimate of drug-likeness (QED) is 0.829. The molecule has 3 amide bonds. The van der Waals surface area contributed by atoms with Crippen LogP contribution in [0.15, 0.2) is 48.5 Å². The molecule has 8 nitrogen and oxygen atoms in total. The molecule has 0 saturated carbocycles. The number of nitrogens with zero attached hydrogens (tertiary/aromatic N) is 2. The van der Waals surface area contributed by atoms with E-state index in [1.807, 2.05) is 6.07 Å². The Kier molecular flexibility index (Phi) is 5.31. The number of methoxy groups -OCH3 is 1. The summed E-state index contributed by atoms with van der Waals surface area (Å²) in [5.41, 5.74) is 1.33. The van der Waals surface area contributed by atoms with E-state index in [4.69, 9.17) is 9.47 Å². The van der Waals surface area contributed by atoms with Crippen molar-refractivity contribution >= 4 is 29.1 Å². The number of para-hydroxylation sites is 2. The number of likely N-dealkylation sites (N-methyl/N-ethyl adjacent to an activating group) is 1. The standard InChI is InChI=1S/C22H23N3O5/c1-23-21(27)19-13-25(17-5-3-4-6-18(17)30-19)22(28)14-11-20(26)24(12-14)15-7-9-16(29-2)10-8-15/h3-10,14,19H,11-13H2,1-2H3,(H,23,27)/t14-,19-/m1/s1. The lowest BCUT2D eigenvalue weighted by atomic mass is 10.0. The maximum Gasteiger partial charge on any atom is 0.262 e. The highest BCUT2D eigenvalue weighted by Crippen LogP contribution is 2.36. The molecule has 8 heteroatoms. The summed E-state index contributed by atoms with van der Waals surface area (Å²) >= 11 is 0. The molecule has 2 aromatic carbocycles. The van der Waals surface area contributed by atoms with E-state index >= 15 is 0 Å². The van der Waals surface area contributed by atoms with Crippen molar-refractivity contribution in [3.8, 4) is 11.5 Å². The third kappa shape index (κ3) is 3.56. The molecule has 30 heavy (non-hydrogen) atoms. The lowest BCUT2D eigenvalue weighted by Crippen LogP contribution is -2.51. The van der Waals surface area contributed by atoms with Crippen LogP contribution in [0.5, 0.6) is 11.5 Å². The van der Waals surface area contributed by atoms with E-state index in [1.54, 1.807) is 59.4 Å². The first-order valence-electron chi connectivity index (χ1n) is 9.75. The number of hydrogen-bond acceptors (Lipinski definition) is 5. The molecule has 156 valence electrons. The summed E-state index contributed by atoms with van der Waals surface area (Å²) in [4.78, 5) is 41.3. The van der Waals surface area contributed by atoms with Crippen molar-refractivity contribution in [1.29, 1.82) is 0 Å². The maximum absolute atomic E-state index is 13.4. The Bertz CT molecular complexity index is 975. The number of carbonyl (C=O) groups excluding carboxylic acids is 3. The van der Waals surface area contributed by atoms with Crippen molar-refractivity contribution in [3.05, 3.63) is 48.5 Å². The Morgan fingerprint density at radius 1 is 1.10 bits per heavy atom. The van der Waals surface area contributed by atoms with Crippen molar-refractivity contribution in [2.24, 2.45) is 5.92 Å². The van der Waals surface area contributed by atoms with E-state index in [1.165, 1.54) is 7.05 Å². The highest BCUT2D eigenvalue weighted by atomic mass is 16.5. The molecule has 0 aliphatic carbocycles. The summed E-state index contributed by atoms with van der Waals surface area (Å²) in [6.07, 6.45) is -0.682. The second kappa shape index (κ2) is 8.06. The lowest BCUT2D eigenvalue weighted by molar-refractivity contribution is -0.128. The second-order valence-electron chi connectivity index (χ2n) is 7.24. The highest BCUT2D eigenvalue weighted by Gasteiger charge is 2.41. The molecule has 2 heterocycles. The van der Waals surface area contributed by atoms with Crippen LogP contribution in [0.2, 0.25) is 0 Å². The number of amides is 3. The first kappa shape index (κ1) is 19.8. The minimum Gasteiger partial charge on any atom is -0.497 e. The minimum absolute atomic E-state index is 0.0999. The van der Waals surface area contributed by atoms with Crippen LogP contribution in [-0.4, -0.2) is 51.1 Å². The number of nitrogens with one attached hydrogen (secondary N) is 1. The SMILES string of the molecule is CNC(=O)[C@H]1CN(C(=O)[C@@H]2CC(=O)N(c3ccc(OC)cc3)C2)c2ccccc2O1. The van der Waals surface area contributed by atoms with E-state index in [9.17, 15) is 14.4 Å². The number of rotatable bonds is 4. The Morgan fingerprint density at radius 2 is 1.83 bits per heavy atom. The fraction of sp³-hybridized carbons (Fsp3) is 0.318. The van der Waals surface area contributed by atoms with Gasteiger partial charge in [-0.25, -0.2) is 0 Å². The van der Waals surface area contributed by atoms with Crippen molar-refractivity contribution in [2.75, 3.05) is 37.0 Å².